The second-order valence-electron chi connectivity index (χ2n) is 5.05. The van der Waals surface area contributed by atoms with Gasteiger partial charge in [0.15, 0.2) is 5.13 Å². The zero-order valence-electron chi connectivity index (χ0n) is 10.8. The highest BCUT2D eigenvalue weighted by Gasteiger charge is 2.25. The molecule has 0 aromatic carbocycles. The Morgan fingerprint density at radius 1 is 1.41 bits per heavy atom. The highest BCUT2D eigenvalue weighted by molar-refractivity contribution is 8.00. The van der Waals surface area contributed by atoms with E-state index < -0.39 is 0 Å². The molecule has 96 valence electrons. The van der Waals surface area contributed by atoms with E-state index in [0.29, 0.717) is 11.3 Å². The molecule has 0 bridgehead atoms. The van der Waals surface area contributed by atoms with Crippen molar-refractivity contribution >= 4 is 28.2 Å². The summed E-state index contributed by atoms with van der Waals surface area (Å²) in [6, 6.07) is 0. The van der Waals surface area contributed by atoms with Crippen molar-refractivity contribution < 1.29 is 0 Å². The van der Waals surface area contributed by atoms with Gasteiger partial charge in [0, 0.05) is 35.0 Å². The minimum atomic E-state index is 0.401. The summed E-state index contributed by atoms with van der Waals surface area (Å²) in [7, 11) is 0. The van der Waals surface area contributed by atoms with Gasteiger partial charge < -0.3 is 10.6 Å². The standard InChI is InChI=1S/C12H21N3S2/c1-9-10(8-13)17-11(14-9)15-5-4-12(2,3)16-7-6-15/h4-8,13H2,1-3H3. The van der Waals surface area contributed by atoms with Gasteiger partial charge in [0.1, 0.15) is 0 Å². The molecule has 0 aliphatic carbocycles. The molecule has 0 amide bonds. The Labute approximate surface area is 112 Å². The second-order valence-corrected chi connectivity index (χ2v) is 7.92. The van der Waals surface area contributed by atoms with Crippen LogP contribution < -0.4 is 10.6 Å². The zero-order valence-corrected chi connectivity index (χ0v) is 12.5. The van der Waals surface area contributed by atoms with E-state index in [1.165, 1.54) is 17.1 Å². The molecule has 0 radical (unpaired) electrons. The molecule has 0 saturated carbocycles. The largest absolute Gasteiger partial charge is 0.347 e. The molecule has 1 aromatic rings. The highest BCUT2D eigenvalue weighted by atomic mass is 32.2. The first kappa shape index (κ1) is 13.2. The maximum Gasteiger partial charge on any atom is 0.185 e. The summed E-state index contributed by atoms with van der Waals surface area (Å²) in [5, 5.41) is 1.15. The van der Waals surface area contributed by atoms with Crippen molar-refractivity contribution in [2.45, 2.75) is 38.5 Å². The molecule has 0 spiro atoms. The predicted molar refractivity (Wildman–Crippen MR) is 78.1 cm³/mol. The van der Waals surface area contributed by atoms with Gasteiger partial charge in [-0.15, -0.1) is 11.3 Å². The van der Waals surface area contributed by atoms with Crippen LogP contribution in [0.2, 0.25) is 0 Å². The van der Waals surface area contributed by atoms with Gasteiger partial charge in [0.2, 0.25) is 0 Å². The minimum absolute atomic E-state index is 0.401. The van der Waals surface area contributed by atoms with Crippen LogP contribution in [0, 0.1) is 6.92 Å². The number of thioether (sulfide) groups is 1. The van der Waals surface area contributed by atoms with Crippen molar-refractivity contribution in [3.8, 4) is 0 Å². The maximum absolute atomic E-state index is 5.72. The van der Waals surface area contributed by atoms with Crippen LogP contribution >= 0.6 is 23.1 Å². The van der Waals surface area contributed by atoms with Gasteiger partial charge >= 0.3 is 0 Å². The zero-order chi connectivity index (χ0) is 12.5. The smallest absolute Gasteiger partial charge is 0.185 e. The van der Waals surface area contributed by atoms with Gasteiger partial charge in [-0.05, 0) is 13.3 Å². The molecule has 1 aliphatic rings. The van der Waals surface area contributed by atoms with E-state index in [4.69, 9.17) is 5.73 Å². The van der Waals surface area contributed by atoms with Crippen molar-refractivity contribution in [3.63, 3.8) is 0 Å². The van der Waals surface area contributed by atoms with Crippen molar-refractivity contribution in [1.29, 1.82) is 0 Å². The Morgan fingerprint density at radius 3 is 2.82 bits per heavy atom. The molecule has 2 rings (SSSR count). The molecule has 1 saturated heterocycles. The summed E-state index contributed by atoms with van der Waals surface area (Å²) >= 11 is 3.82. The number of thiazole rings is 1. The quantitative estimate of drug-likeness (QED) is 0.898. The molecular weight excluding hydrogens is 250 g/mol. The van der Waals surface area contributed by atoms with Crippen LogP contribution in [0.25, 0.3) is 0 Å². The topological polar surface area (TPSA) is 42.2 Å². The van der Waals surface area contributed by atoms with E-state index in [2.05, 4.69) is 42.4 Å². The number of rotatable bonds is 2. The van der Waals surface area contributed by atoms with Gasteiger partial charge in [-0.1, -0.05) is 13.8 Å². The molecule has 3 nitrogen and oxygen atoms in total. The van der Waals surface area contributed by atoms with Gasteiger partial charge in [0.05, 0.1) is 5.69 Å². The van der Waals surface area contributed by atoms with E-state index in [0.717, 1.165) is 23.9 Å². The first-order valence-corrected chi connectivity index (χ1v) is 7.87. The summed E-state index contributed by atoms with van der Waals surface area (Å²) < 4.78 is 0.401. The number of aryl methyl sites for hydroxylation is 1. The van der Waals surface area contributed by atoms with Crippen molar-refractivity contribution in [2.24, 2.45) is 5.73 Å². The molecule has 1 aliphatic heterocycles. The Bertz CT molecular complexity index is 387. The summed E-state index contributed by atoms with van der Waals surface area (Å²) in [6.07, 6.45) is 1.22. The second kappa shape index (κ2) is 5.16. The first-order chi connectivity index (χ1) is 8.02. The summed E-state index contributed by atoms with van der Waals surface area (Å²) in [6.45, 7) is 9.54. The summed E-state index contributed by atoms with van der Waals surface area (Å²) in [5.74, 6) is 1.18. The highest BCUT2D eigenvalue weighted by Crippen LogP contribution is 2.34. The van der Waals surface area contributed by atoms with Crippen molar-refractivity contribution in [1.82, 2.24) is 4.98 Å². The van der Waals surface area contributed by atoms with Crippen LogP contribution in [-0.2, 0) is 6.54 Å². The van der Waals surface area contributed by atoms with Crippen LogP contribution in [0.1, 0.15) is 30.8 Å². The lowest BCUT2D eigenvalue weighted by molar-refractivity contribution is 0.637. The summed E-state index contributed by atoms with van der Waals surface area (Å²) in [5.41, 5.74) is 6.82. The Hall–Kier alpha value is -0.260. The van der Waals surface area contributed by atoms with Crippen LogP contribution in [0.4, 0.5) is 5.13 Å². The molecule has 2 heterocycles. The summed E-state index contributed by atoms with van der Waals surface area (Å²) in [4.78, 5) is 8.28. The average molecular weight is 271 g/mol. The molecule has 1 fully saturated rings. The number of hydrogen-bond acceptors (Lipinski definition) is 5. The minimum Gasteiger partial charge on any atom is -0.347 e. The SMILES string of the molecule is Cc1nc(N2CCSC(C)(C)CC2)sc1CN. The van der Waals surface area contributed by atoms with E-state index in [1.807, 2.05) is 0 Å². The van der Waals surface area contributed by atoms with Crippen molar-refractivity contribution in [3.05, 3.63) is 10.6 Å². The molecule has 17 heavy (non-hydrogen) atoms. The molecule has 5 heteroatoms. The van der Waals surface area contributed by atoms with E-state index in [9.17, 15) is 0 Å². The van der Waals surface area contributed by atoms with E-state index in [-0.39, 0.29) is 0 Å². The Morgan fingerprint density at radius 2 is 2.18 bits per heavy atom. The average Bonchev–Trinajstić information content (AvgIpc) is 2.54. The van der Waals surface area contributed by atoms with Crippen LogP contribution in [-0.4, -0.2) is 28.6 Å². The normalized spacial score (nSPS) is 20.4. The van der Waals surface area contributed by atoms with Crippen molar-refractivity contribution in [2.75, 3.05) is 23.7 Å². The predicted octanol–water partition coefficient (Wildman–Crippen LogP) is 2.63. The number of anilines is 1. The number of nitrogens with two attached hydrogens (primary N) is 1. The molecule has 1 aromatic heterocycles. The van der Waals surface area contributed by atoms with Crippen LogP contribution in [0.5, 0.6) is 0 Å². The Kier molecular flexibility index (Phi) is 4.00. The first-order valence-electron chi connectivity index (χ1n) is 6.07. The number of hydrogen-bond donors (Lipinski definition) is 1. The van der Waals surface area contributed by atoms with Gasteiger partial charge in [-0.3, -0.25) is 0 Å². The Balaban J connectivity index is 2.11. The lowest BCUT2D eigenvalue weighted by atomic mass is 10.1. The fraction of sp³-hybridized carbons (Fsp3) is 0.750. The maximum atomic E-state index is 5.72. The van der Waals surface area contributed by atoms with Crippen LogP contribution in [0.3, 0.4) is 0 Å². The molecule has 0 atom stereocenters. The number of nitrogens with zero attached hydrogens (tertiary/aromatic N) is 2. The molecular formula is C12H21N3S2. The van der Waals surface area contributed by atoms with Gasteiger partial charge in [-0.2, -0.15) is 11.8 Å². The third kappa shape index (κ3) is 3.14. The van der Waals surface area contributed by atoms with E-state index in [1.54, 1.807) is 11.3 Å². The van der Waals surface area contributed by atoms with Crippen LogP contribution in [0.15, 0.2) is 0 Å². The lowest BCUT2D eigenvalue weighted by Gasteiger charge is -2.22. The monoisotopic (exact) mass is 271 g/mol. The fourth-order valence-corrected chi connectivity index (χ4v) is 4.04. The third-order valence-electron chi connectivity index (χ3n) is 3.18. The number of aromatic nitrogens is 1. The van der Waals surface area contributed by atoms with Gasteiger partial charge in [0.25, 0.3) is 0 Å². The third-order valence-corrected chi connectivity index (χ3v) is 5.79. The lowest BCUT2D eigenvalue weighted by Crippen LogP contribution is -2.26. The molecule has 0 unspecified atom stereocenters. The van der Waals surface area contributed by atoms with E-state index >= 15 is 0 Å². The molecule has 2 N–H and O–H groups in total. The van der Waals surface area contributed by atoms with Gasteiger partial charge in [-0.25, -0.2) is 4.98 Å². The fourth-order valence-electron chi connectivity index (χ4n) is 1.95.